The largest absolute Gasteiger partial charge is 0.0654 e. The van der Waals surface area contributed by atoms with E-state index in [9.17, 15) is 0 Å². The lowest BCUT2D eigenvalue weighted by molar-refractivity contribution is 0.607. The van der Waals surface area contributed by atoms with Gasteiger partial charge in [0.1, 0.15) is 0 Å². The van der Waals surface area contributed by atoms with Gasteiger partial charge in [0.05, 0.1) is 0 Å². The van der Waals surface area contributed by atoms with Crippen molar-refractivity contribution in [1.29, 1.82) is 0 Å². The van der Waals surface area contributed by atoms with Gasteiger partial charge in [-0.3, -0.25) is 0 Å². The lowest BCUT2D eigenvalue weighted by Gasteiger charge is -2.04. The Kier molecular flexibility index (Phi) is 14.8. The Hall–Kier alpha value is -3.64. The average molecular weight is 583 g/mol. The minimum Gasteiger partial charge on any atom is -0.0654 e. The highest BCUT2D eigenvalue weighted by atomic mass is 14.0. The third-order valence-electron chi connectivity index (χ3n) is 8.69. The van der Waals surface area contributed by atoms with Crippen molar-refractivity contribution < 1.29 is 0 Å². The molecule has 0 spiro atoms. The highest BCUT2D eigenvalue weighted by Gasteiger charge is 2.00. The first-order valence-electron chi connectivity index (χ1n) is 17.5. The van der Waals surface area contributed by atoms with Crippen LogP contribution in [0, 0.1) is 0 Å². The maximum absolute atomic E-state index is 2.29. The van der Waals surface area contributed by atoms with E-state index >= 15 is 0 Å². The first kappa shape index (κ1) is 33.3. The molecule has 0 saturated heterocycles. The fourth-order valence-electron chi connectivity index (χ4n) is 5.77. The minimum absolute atomic E-state index is 1.20. The van der Waals surface area contributed by atoms with Gasteiger partial charge in [-0.25, -0.2) is 0 Å². The zero-order chi connectivity index (χ0) is 30.7. The summed E-state index contributed by atoms with van der Waals surface area (Å²) in [5.74, 6) is 0. The molecule has 0 aromatic heterocycles. The van der Waals surface area contributed by atoms with Crippen LogP contribution in [-0.4, -0.2) is 0 Å². The van der Waals surface area contributed by atoms with E-state index in [0.29, 0.717) is 0 Å². The minimum atomic E-state index is 1.20. The molecule has 4 rings (SSSR count). The monoisotopic (exact) mass is 582 g/mol. The predicted molar refractivity (Wildman–Crippen MR) is 197 cm³/mol. The topological polar surface area (TPSA) is 0 Å². The van der Waals surface area contributed by atoms with E-state index in [4.69, 9.17) is 0 Å². The number of aryl methyl sites for hydroxylation is 2. The molecule has 4 aromatic carbocycles. The fraction of sp³-hybridized carbons (Fsp3) is 0.364. The Morgan fingerprint density at radius 2 is 0.591 bits per heavy atom. The van der Waals surface area contributed by atoms with Gasteiger partial charge in [-0.2, -0.15) is 0 Å². The molecule has 0 fully saturated rings. The average Bonchev–Trinajstić information content (AvgIpc) is 3.07. The summed E-state index contributed by atoms with van der Waals surface area (Å²) in [5.41, 5.74) is 10.4. The number of hydrogen-bond acceptors (Lipinski definition) is 0. The third-order valence-corrected chi connectivity index (χ3v) is 8.69. The molecule has 0 heterocycles. The van der Waals surface area contributed by atoms with E-state index in [1.165, 1.54) is 134 Å². The molecule has 0 heteroatoms. The first-order chi connectivity index (χ1) is 21.7. The van der Waals surface area contributed by atoms with Crippen molar-refractivity contribution >= 4 is 24.3 Å². The molecule has 44 heavy (non-hydrogen) atoms. The highest BCUT2D eigenvalue weighted by Crippen LogP contribution is 2.22. The van der Waals surface area contributed by atoms with Crippen LogP contribution in [0.5, 0.6) is 0 Å². The van der Waals surface area contributed by atoms with E-state index in [0.717, 1.165) is 0 Å². The van der Waals surface area contributed by atoms with Crippen molar-refractivity contribution in [2.24, 2.45) is 0 Å². The lowest BCUT2D eigenvalue weighted by atomic mass is 10.0. The van der Waals surface area contributed by atoms with Crippen molar-refractivity contribution in [1.82, 2.24) is 0 Å². The zero-order valence-electron chi connectivity index (χ0n) is 27.4. The second-order valence-corrected chi connectivity index (χ2v) is 12.4. The van der Waals surface area contributed by atoms with Crippen LogP contribution in [0.15, 0.2) is 97.1 Å². The Morgan fingerprint density at radius 1 is 0.318 bits per heavy atom. The zero-order valence-corrected chi connectivity index (χ0v) is 27.4. The van der Waals surface area contributed by atoms with E-state index in [-0.39, 0.29) is 0 Å². The Morgan fingerprint density at radius 3 is 0.909 bits per heavy atom. The van der Waals surface area contributed by atoms with Gasteiger partial charge in [-0.15, -0.1) is 0 Å². The van der Waals surface area contributed by atoms with E-state index in [1.807, 2.05) is 0 Å². The molecule has 0 N–H and O–H groups in total. The second-order valence-electron chi connectivity index (χ2n) is 12.4. The van der Waals surface area contributed by atoms with Crippen molar-refractivity contribution in [3.05, 3.63) is 130 Å². The van der Waals surface area contributed by atoms with Crippen LogP contribution in [0.1, 0.15) is 124 Å². The molecule has 0 bridgehead atoms. The molecule has 0 aliphatic rings. The summed E-state index contributed by atoms with van der Waals surface area (Å²) in [4.78, 5) is 0. The summed E-state index contributed by atoms with van der Waals surface area (Å²) in [5, 5.41) is 0. The third kappa shape index (κ3) is 12.2. The van der Waals surface area contributed by atoms with Crippen LogP contribution in [0.2, 0.25) is 0 Å². The van der Waals surface area contributed by atoms with Crippen LogP contribution >= 0.6 is 0 Å². The molecule has 0 nitrogen and oxygen atoms in total. The summed E-state index contributed by atoms with van der Waals surface area (Å²) in [6, 6.07) is 35.9. The van der Waals surface area contributed by atoms with Gasteiger partial charge in [-0.05, 0) is 70.2 Å². The SMILES string of the molecule is CCCCCCCCc1ccc(C=Cc2ccc(-c3ccc(C=Cc4ccc(CCCCCCCC)cc4)cc3)cc2)cc1. The van der Waals surface area contributed by atoms with Gasteiger partial charge < -0.3 is 0 Å². The maximum atomic E-state index is 2.29. The van der Waals surface area contributed by atoms with Gasteiger partial charge in [0.15, 0.2) is 0 Å². The second kappa shape index (κ2) is 19.6. The van der Waals surface area contributed by atoms with Crippen LogP contribution in [0.25, 0.3) is 35.4 Å². The highest BCUT2D eigenvalue weighted by molar-refractivity contribution is 5.74. The standard InChI is InChI=1S/C44H54/c1-3-5-7-9-11-13-15-37-17-21-39(22-18-37)25-27-41-29-33-43(34-30-41)44-35-31-42(32-36-44)28-26-40-23-19-38(20-24-40)16-14-12-10-8-6-4-2/h17-36H,3-16H2,1-2H3. The molecule has 0 aliphatic carbocycles. The van der Waals surface area contributed by atoms with E-state index in [1.54, 1.807) is 0 Å². The van der Waals surface area contributed by atoms with Crippen molar-refractivity contribution in [3.8, 4) is 11.1 Å². The number of benzene rings is 4. The van der Waals surface area contributed by atoms with Crippen LogP contribution in [0.4, 0.5) is 0 Å². The van der Waals surface area contributed by atoms with E-state index < -0.39 is 0 Å². The fourth-order valence-corrected chi connectivity index (χ4v) is 5.77. The van der Waals surface area contributed by atoms with Crippen molar-refractivity contribution in [2.75, 3.05) is 0 Å². The molecule has 4 aromatic rings. The van der Waals surface area contributed by atoms with Gasteiger partial charge in [0, 0.05) is 0 Å². The quantitative estimate of drug-likeness (QED) is 0.0762. The molecular formula is C44H54. The molecule has 0 aliphatic heterocycles. The molecule has 0 radical (unpaired) electrons. The lowest BCUT2D eigenvalue weighted by Crippen LogP contribution is -1.86. The number of unbranched alkanes of at least 4 members (excludes halogenated alkanes) is 10. The summed E-state index contributed by atoms with van der Waals surface area (Å²) in [7, 11) is 0. The van der Waals surface area contributed by atoms with Gasteiger partial charge in [0.2, 0.25) is 0 Å². The summed E-state index contributed by atoms with van der Waals surface area (Å²) >= 11 is 0. The first-order valence-corrected chi connectivity index (χ1v) is 17.5. The Labute approximate surface area is 269 Å². The molecule has 0 atom stereocenters. The predicted octanol–water partition coefficient (Wildman–Crippen LogP) is 13.5. The van der Waals surface area contributed by atoms with Crippen LogP contribution < -0.4 is 0 Å². The van der Waals surface area contributed by atoms with Gasteiger partial charge in [-0.1, -0.05) is 199 Å². The van der Waals surface area contributed by atoms with Gasteiger partial charge in [0.25, 0.3) is 0 Å². The molecule has 230 valence electrons. The summed E-state index contributed by atoms with van der Waals surface area (Å²) in [6.07, 6.45) is 27.5. The van der Waals surface area contributed by atoms with Crippen molar-refractivity contribution in [3.63, 3.8) is 0 Å². The number of hydrogen-bond donors (Lipinski definition) is 0. The smallest absolute Gasteiger partial charge is 0.0184 e. The Bertz CT molecular complexity index is 1260. The molecular weight excluding hydrogens is 528 g/mol. The van der Waals surface area contributed by atoms with E-state index in [2.05, 4.69) is 135 Å². The molecule has 0 unspecified atom stereocenters. The summed E-state index contributed by atoms with van der Waals surface area (Å²) in [6.45, 7) is 4.56. The molecule has 0 amide bonds. The number of rotatable bonds is 19. The van der Waals surface area contributed by atoms with Crippen molar-refractivity contribution in [2.45, 2.75) is 104 Å². The van der Waals surface area contributed by atoms with Crippen LogP contribution in [0.3, 0.4) is 0 Å². The molecule has 0 saturated carbocycles. The summed E-state index contributed by atoms with van der Waals surface area (Å²) < 4.78 is 0. The normalized spacial score (nSPS) is 11.6. The van der Waals surface area contributed by atoms with Gasteiger partial charge >= 0.3 is 0 Å². The Balaban J connectivity index is 1.21. The maximum Gasteiger partial charge on any atom is -0.0184 e. The van der Waals surface area contributed by atoms with Crippen LogP contribution in [-0.2, 0) is 12.8 Å².